The molecule has 21 N–H and O–H groups in total. The van der Waals surface area contributed by atoms with Crippen LogP contribution in [0.2, 0.25) is 0 Å². The number of benzene rings is 4. The Hall–Kier alpha value is -9.67. The molecule has 0 radical (unpaired) electrons. The maximum atomic E-state index is 15.0. The number of amides is 9. The summed E-state index contributed by atoms with van der Waals surface area (Å²) in [7, 11) is 0. The molecule has 5 rings (SSSR count). The molecule has 28 heteroatoms. The number of carboxylic acid groups (broad SMARTS) is 1. The number of unbranched alkanes of at least 4 members (excludes halogenated alkanes) is 2. The number of guanidine groups is 1. The number of hydrogen-bond acceptors (Lipinski definition) is 16. The average molecular weight is 1370 g/mol. The molecule has 0 aliphatic carbocycles. The van der Waals surface area contributed by atoms with Gasteiger partial charge in [0.1, 0.15) is 65.9 Å². The number of hydrogen-bond donors (Lipinski definition) is 17. The van der Waals surface area contributed by atoms with Gasteiger partial charge < -0.3 is 91.0 Å². The summed E-state index contributed by atoms with van der Waals surface area (Å²) >= 11 is 0. The summed E-state index contributed by atoms with van der Waals surface area (Å²) in [5.41, 5.74) is 26.1. The third kappa shape index (κ3) is 27.3. The quantitative estimate of drug-likeness (QED) is 0.0169. The number of phenols is 2. The van der Waals surface area contributed by atoms with Gasteiger partial charge in [0.15, 0.2) is 5.96 Å². The number of aliphatic carboxylic acids is 1. The monoisotopic (exact) mass is 1370 g/mol. The van der Waals surface area contributed by atoms with Crippen LogP contribution in [0.25, 0.3) is 0 Å². The minimum atomic E-state index is -1.39. The number of likely N-dealkylation sites (tertiary alicyclic amines) is 1. The zero-order valence-electron chi connectivity index (χ0n) is 57.1. The Morgan fingerprint density at radius 2 is 0.929 bits per heavy atom. The van der Waals surface area contributed by atoms with Gasteiger partial charge in [0.25, 0.3) is 0 Å². The van der Waals surface area contributed by atoms with Crippen molar-refractivity contribution < 1.29 is 63.3 Å². The molecular formula is C71H103N15O13. The van der Waals surface area contributed by atoms with Crippen molar-refractivity contribution in [2.24, 2.45) is 34.8 Å². The van der Waals surface area contributed by atoms with E-state index in [1.807, 2.05) is 13.8 Å². The number of aromatic hydroxyl groups is 2. The number of carbonyl (C=O) groups excluding carboxylic acids is 9. The van der Waals surface area contributed by atoms with Crippen molar-refractivity contribution >= 4 is 65.1 Å². The Bertz CT molecular complexity index is 3270. The van der Waals surface area contributed by atoms with E-state index < -0.39 is 125 Å². The van der Waals surface area contributed by atoms with E-state index in [1.54, 1.807) is 98.8 Å². The number of phenolic OH excluding ortho intramolecular Hbond substituents is 2. The summed E-state index contributed by atoms with van der Waals surface area (Å²) in [6.07, 6.45) is 2.72. The summed E-state index contributed by atoms with van der Waals surface area (Å²) in [5, 5.41) is 62.4. The number of nitrogens with zero attached hydrogens (tertiary/aromatic N) is 1. The molecule has 4 aromatic rings. The minimum Gasteiger partial charge on any atom is -0.508 e. The minimum absolute atomic E-state index is 0.00943. The summed E-state index contributed by atoms with van der Waals surface area (Å²) in [6.45, 7) is 7.89. The van der Waals surface area contributed by atoms with Gasteiger partial charge in [0, 0.05) is 32.4 Å². The first-order valence-corrected chi connectivity index (χ1v) is 34.1. The van der Waals surface area contributed by atoms with Crippen LogP contribution in [0.15, 0.2) is 109 Å². The second-order valence-electron chi connectivity index (χ2n) is 25.7. The number of carboxylic acids is 1. The van der Waals surface area contributed by atoms with Gasteiger partial charge in [-0.2, -0.15) is 0 Å². The molecule has 0 bridgehead atoms. The Labute approximate surface area is 579 Å². The Balaban J connectivity index is 1.42. The highest BCUT2D eigenvalue weighted by Gasteiger charge is 2.41. The van der Waals surface area contributed by atoms with Crippen molar-refractivity contribution in [3.63, 3.8) is 0 Å². The average Bonchev–Trinajstić information content (AvgIpc) is 1.79. The molecule has 1 aliphatic heterocycles. The van der Waals surface area contributed by atoms with Crippen LogP contribution in [0, 0.1) is 17.2 Å². The van der Waals surface area contributed by atoms with E-state index in [0.717, 1.165) is 0 Å². The highest BCUT2D eigenvalue weighted by Crippen LogP contribution is 2.23. The second-order valence-corrected chi connectivity index (χ2v) is 25.7. The summed E-state index contributed by atoms with van der Waals surface area (Å²) in [4.78, 5) is 145. The molecule has 0 spiro atoms. The normalized spacial score (nSPS) is 15.8. The largest absolute Gasteiger partial charge is 0.508 e. The van der Waals surface area contributed by atoms with E-state index in [9.17, 15) is 53.7 Å². The van der Waals surface area contributed by atoms with Gasteiger partial charge in [-0.15, -0.1) is 0 Å². The maximum Gasteiger partial charge on any atom is 0.326 e. The van der Waals surface area contributed by atoms with Crippen LogP contribution < -0.4 is 70.8 Å². The molecule has 0 aromatic heterocycles. The summed E-state index contributed by atoms with van der Waals surface area (Å²) in [6, 6.07) is 16.9. The fraction of sp³-hybridized carbons (Fsp3) is 0.507. The van der Waals surface area contributed by atoms with E-state index in [1.165, 1.54) is 29.2 Å². The predicted molar refractivity (Wildman–Crippen MR) is 374 cm³/mol. The zero-order valence-corrected chi connectivity index (χ0v) is 57.1. The number of rotatable bonds is 42. The molecule has 1 heterocycles. The van der Waals surface area contributed by atoms with Crippen molar-refractivity contribution in [1.82, 2.24) is 52.8 Å². The van der Waals surface area contributed by atoms with Crippen LogP contribution in [-0.4, -0.2) is 172 Å². The Morgan fingerprint density at radius 3 is 1.40 bits per heavy atom. The highest BCUT2D eigenvalue weighted by atomic mass is 16.4. The standard InChI is InChI=1S/C71H103N15O13/c1-5-44(4)60(68(96)84-58(70(98)99)38-43(2)3)85-66(94)57(42-48-28-32-50(88)33-29-48)83-67(95)59-25-17-37-86(59)69(97)54(23-13-15-35-73)80-62(90)52(22-12-14-34-72)79-64(92)55(40-45-18-8-6-9-19-45)82-65(93)56(41-46-20-10-7-11-21-46)81-63(91)53(24-16-36-77-71(75)76)78-61(89)51(74)39-47-26-30-49(87)31-27-47/h6-11,18-21,26-33,43-44,51-60,87-88H,5,12-17,22-25,34-42,72-74H2,1-4H3,(H,78,89)(H,79,92)(H,80,90)(H,81,91)(H,82,93)(H,83,95)(H,84,96)(H,85,94)(H,98,99)(H4,75,76,77)/t44?,51?,52?,53-,54?,55?,56?,57?,58?,59?,60?/m1/s1. The molecule has 9 amide bonds. The lowest BCUT2D eigenvalue weighted by atomic mass is 9.96. The van der Waals surface area contributed by atoms with E-state index in [0.29, 0.717) is 60.8 Å². The lowest BCUT2D eigenvalue weighted by Crippen LogP contribution is -2.61. The predicted octanol–water partition coefficient (Wildman–Crippen LogP) is 1.26. The smallest absolute Gasteiger partial charge is 0.326 e. The molecule has 4 aromatic carbocycles. The van der Waals surface area contributed by atoms with Gasteiger partial charge in [-0.25, -0.2) is 4.79 Å². The van der Waals surface area contributed by atoms with Crippen LogP contribution >= 0.6 is 0 Å². The molecule has 540 valence electrons. The first kappa shape index (κ1) is 80.0. The van der Waals surface area contributed by atoms with E-state index >= 15 is 9.59 Å². The van der Waals surface area contributed by atoms with Crippen LogP contribution in [0.3, 0.4) is 0 Å². The molecule has 99 heavy (non-hydrogen) atoms. The van der Waals surface area contributed by atoms with Gasteiger partial charge in [0.05, 0.1) is 6.04 Å². The van der Waals surface area contributed by atoms with Crippen molar-refractivity contribution in [2.75, 3.05) is 26.2 Å². The Morgan fingerprint density at radius 1 is 0.515 bits per heavy atom. The second kappa shape index (κ2) is 41.6. The fourth-order valence-electron chi connectivity index (χ4n) is 11.5. The van der Waals surface area contributed by atoms with Crippen LogP contribution in [0.4, 0.5) is 0 Å². The van der Waals surface area contributed by atoms with Gasteiger partial charge in [-0.1, -0.05) is 119 Å². The van der Waals surface area contributed by atoms with Crippen molar-refractivity contribution in [1.29, 1.82) is 5.41 Å². The topological polar surface area (TPSA) is 471 Å². The SMILES string of the molecule is CCC(C)C(NC(=O)C(Cc1ccc(O)cc1)NC(=O)C1CCCN1C(=O)C(CCCCN)NC(=O)C(CCCCN)NC(=O)C(Cc1ccccc1)NC(=O)C(Cc1ccccc1)NC(=O)[C@@H](CCCNC(=N)N)NC(=O)C(N)Cc1ccc(O)cc1)C(=O)NC(CC(C)C)C(=O)O. The van der Waals surface area contributed by atoms with Crippen LogP contribution in [0.5, 0.6) is 11.5 Å². The summed E-state index contributed by atoms with van der Waals surface area (Å²) in [5.74, 6) is -8.79. The van der Waals surface area contributed by atoms with Crippen molar-refractivity contribution in [3.8, 4) is 11.5 Å². The molecule has 10 unspecified atom stereocenters. The van der Waals surface area contributed by atoms with Crippen LogP contribution in [-0.2, 0) is 73.6 Å². The molecule has 0 saturated carbocycles. The van der Waals surface area contributed by atoms with Gasteiger partial charge in [0.2, 0.25) is 53.2 Å². The maximum absolute atomic E-state index is 15.0. The lowest BCUT2D eigenvalue weighted by Gasteiger charge is -2.32. The van der Waals surface area contributed by atoms with Gasteiger partial charge in [-0.3, -0.25) is 48.6 Å². The van der Waals surface area contributed by atoms with E-state index in [-0.39, 0.29) is 114 Å². The van der Waals surface area contributed by atoms with Crippen LogP contribution in [0.1, 0.15) is 127 Å². The highest BCUT2D eigenvalue weighted by molar-refractivity contribution is 5.99. The first-order chi connectivity index (χ1) is 47.3. The zero-order chi connectivity index (χ0) is 72.6. The first-order valence-electron chi connectivity index (χ1n) is 34.1. The van der Waals surface area contributed by atoms with Crippen molar-refractivity contribution in [2.45, 2.75) is 191 Å². The number of nitrogens with two attached hydrogens (primary N) is 4. The number of nitrogens with one attached hydrogen (secondary N) is 10. The lowest BCUT2D eigenvalue weighted by molar-refractivity contribution is -0.143. The van der Waals surface area contributed by atoms with Gasteiger partial charge >= 0.3 is 5.97 Å². The van der Waals surface area contributed by atoms with Crippen molar-refractivity contribution in [3.05, 3.63) is 131 Å². The van der Waals surface area contributed by atoms with Gasteiger partial charge in [-0.05, 0) is 148 Å². The number of carbonyl (C=O) groups is 10. The molecule has 28 nitrogen and oxygen atoms in total. The molecule has 1 aliphatic rings. The third-order valence-electron chi connectivity index (χ3n) is 17.3. The molecular weight excluding hydrogens is 1270 g/mol. The Kier molecular flexibility index (Phi) is 33.6. The summed E-state index contributed by atoms with van der Waals surface area (Å²) < 4.78 is 0. The fourth-order valence-corrected chi connectivity index (χ4v) is 11.5. The third-order valence-corrected chi connectivity index (χ3v) is 17.3. The van der Waals surface area contributed by atoms with E-state index in [4.69, 9.17) is 28.3 Å². The molecule has 11 atom stereocenters. The molecule has 1 fully saturated rings. The molecule has 1 saturated heterocycles. The van der Waals surface area contributed by atoms with E-state index in [2.05, 4.69) is 47.9 Å².